The normalized spacial score (nSPS) is 17.4. The lowest BCUT2D eigenvalue weighted by molar-refractivity contribution is 0.159. The second-order valence-electron chi connectivity index (χ2n) is 6.22. The molecule has 1 aromatic rings. The number of nitrogens with zero attached hydrogens (tertiary/aromatic N) is 1. The Morgan fingerprint density at radius 1 is 1.37 bits per heavy atom. The number of pyridine rings is 1. The lowest BCUT2D eigenvalue weighted by atomic mass is 10.1. The minimum Gasteiger partial charge on any atom is -0.385 e. The van der Waals surface area contributed by atoms with E-state index in [-0.39, 0.29) is 5.54 Å². The molecule has 0 radical (unpaired) electrons. The standard InChI is InChI=1S/C16H24N2O/c1-16(2,3)17-11-15(19)14-10-6-9-13(18-14)12-7-4-5-8-12/h6-7,9-10,15,17,19H,4-5,8,11H2,1-3H3/t15-/m0/s1. The van der Waals surface area contributed by atoms with Crippen LogP contribution < -0.4 is 5.32 Å². The van der Waals surface area contributed by atoms with Crippen molar-refractivity contribution in [3.63, 3.8) is 0 Å². The molecule has 0 unspecified atom stereocenters. The zero-order valence-corrected chi connectivity index (χ0v) is 12.1. The van der Waals surface area contributed by atoms with Gasteiger partial charge in [-0.2, -0.15) is 0 Å². The van der Waals surface area contributed by atoms with E-state index in [0.29, 0.717) is 6.54 Å². The van der Waals surface area contributed by atoms with Crippen molar-refractivity contribution in [1.29, 1.82) is 0 Å². The molecule has 0 amide bonds. The lowest BCUT2D eigenvalue weighted by Crippen LogP contribution is -2.38. The number of hydrogen-bond donors (Lipinski definition) is 2. The summed E-state index contributed by atoms with van der Waals surface area (Å²) in [7, 11) is 0. The molecule has 0 spiro atoms. The van der Waals surface area contributed by atoms with Crippen LogP contribution in [0.15, 0.2) is 24.3 Å². The number of aliphatic hydroxyl groups excluding tert-OH is 1. The summed E-state index contributed by atoms with van der Waals surface area (Å²) in [5.74, 6) is 0. The Bertz CT molecular complexity index is 460. The Morgan fingerprint density at radius 3 is 2.79 bits per heavy atom. The number of β-amino-alcohol motifs (C(OH)–C–C–N with tert-alkyl or cyclic N) is 1. The van der Waals surface area contributed by atoms with E-state index < -0.39 is 6.10 Å². The first-order valence-corrected chi connectivity index (χ1v) is 7.05. The molecule has 19 heavy (non-hydrogen) atoms. The Kier molecular flexibility index (Phi) is 4.38. The summed E-state index contributed by atoms with van der Waals surface area (Å²) in [5.41, 5.74) is 3.09. The highest BCUT2D eigenvalue weighted by molar-refractivity contribution is 5.64. The maximum Gasteiger partial charge on any atom is 0.108 e. The summed E-state index contributed by atoms with van der Waals surface area (Å²) in [6.45, 7) is 6.80. The molecular formula is C16H24N2O. The molecule has 3 nitrogen and oxygen atoms in total. The van der Waals surface area contributed by atoms with E-state index >= 15 is 0 Å². The number of hydrogen-bond acceptors (Lipinski definition) is 3. The molecule has 1 aliphatic rings. The van der Waals surface area contributed by atoms with Gasteiger partial charge in [-0.3, -0.25) is 4.98 Å². The van der Waals surface area contributed by atoms with E-state index in [1.54, 1.807) is 0 Å². The maximum atomic E-state index is 10.2. The Balaban J connectivity index is 2.05. The predicted octanol–water partition coefficient (Wildman–Crippen LogP) is 3.07. The molecule has 0 bridgehead atoms. The SMILES string of the molecule is CC(C)(C)NC[C@H](O)c1cccc(C2=CCCC2)n1. The summed E-state index contributed by atoms with van der Waals surface area (Å²) >= 11 is 0. The fraction of sp³-hybridized carbons (Fsp3) is 0.562. The molecule has 0 aliphatic heterocycles. The number of aliphatic hydroxyl groups is 1. The third kappa shape index (κ3) is 4.15. The van der Waals surface area contributed by atoms with Crippen molar-refractivity contribution in [1.82, 2.24) is 10.3 Å². The molecule has 0 saturated heterocycles. The van der Waals surface area contributed by atoms with Gasteiger partial charge in [0.1, 0.15) is 6.10 Å². The summed E-state index contributed by atoms with van der Waals surface area (Å²) < 4.78 is 0. The number of aromatic nitrogens is 1. The van der Waals surface area contributed by atoms with Gasteiger partial charge in [-0.25, -0.2) is 0 Å². The van der Waals surface area contributed by atoms with Crippen LogP contribution in [-0.4, -0.2) is 22.2 Å². The number of nitrogens with one attached hydrogen (secondary N) is 1. The average Bonchev–Trinajstić information content (AvgIpc) is 2.89. The third-order valence-electron chi connectivity index (χ3n) is 3.31. The van der Waals surface area contributed by atoms with Crippen molar-refractivity contribution < 1.29 is 5.11 Å². The van der Waals surface area contributed by atoms with Gasteiger partial charge in [-0.05, 0) is 57.7 Å². The maximum absolute atomic E-state index is 10.2. The van der Waals surface area contributed by atoms with Crippen LogP contribution in [0.5, 0.6) is 0 Å². The minimum atomic E-state index is -0.554. The van der Waals surface area contributed by atoms with Crippen LogP contribution in [-0.2, 0) is 0 Å². The van der Waals surface area contributed by atoms with Crippen molar-refractivity contribution in [2.24, 2.45) is 0 Å². The summed E-state index contributed by atoms with van der Waals surface area (Å²) in [5, 5.41) is 13.5. The van der Waals surface area contributed by atoms with Crippen LogP contribution in [0.3, 0.4) is 0 Å². The quantitative estimate of drug-likeness (QED) is 0.874. The molecule has 3 heteroatoms. The highest BCUT2D eigenvalue weighted by atomic mass is 16.3. The van der Waals surface area contributed by atoms with Crippen LogP contribution >= 0.6 is 0 Å². The van der Waals surface area contributed by atoms with Crippen molar-refractivity contribution in [2.75, 3.05) is 6.54 Å². The monoisotopic (exact) mass is 260 g/mol. The largest absolute Gasteiger partial charge is 0.385 e. The zero-order valence-electron chi connectivity index (χ0n) is 12.1. The predicted molar refractivity (Wildman–Crippen MR) is 78.8 cm³/mol. The first-order valence-electron chi connectivity index (χ1n) is 7.05. The van der Waals surface area contributed by atoms with Crippen LogP contribution in [0.1, 0.15) is 57.5 Å². The third-order valence-corrected chi connectivity index (χ3v) is 3.31. The first kappa shape index (κ1) is 14.2. The summed E-state index contributed by atoms with van der Waals surface area (Å²) in [6.07, 6.45) is 5.17. The van der Waals surface area contributed by atoms with E-state index in [1.165, 1.54) is 12.0 Å². The fourth-order valence-electron chi connectivity index (χ4n) is 2.23. The van der Waals surface area contributed by atoms with Gasteiger partial charge >= 0.3 is 0 Å². The molecule has 0 aromatic carbocycles. The van der Waals surface area contributed by atoms with Gasteiger partial charge in [0.2, 0.25) is 0 Å². The summed E-state index contributed by atoms with van der Waals surface area (Å²) in [4.78, 5) is 4.60. The molecular weight excluding hydrogens is 236 g/mol. The van der Waals surface area contributed by atoms with E-state index in [1.807, 2.05) is 18.2 Å². The first-order chi connectivity index (χ1) is 8.96. The van der Waals surface area contributed by atoms with Gasteiger partial charge in [-0.1, -0.05) is 12.1 Å². The van der Waals surface area contributed by atoms with Gasteiger partial charge in [0, 0.05) is 12.1 Å². The summed E-state index contributed by atoms with van der Waals surface area (Å²) in [6, 6.07) is 5.91. The van der Waals surface area contributed by atoms with Gasteiger partial charge in [-0.15, -0.1) is 0 Å². The minimum absolute atomic E-state index is 0.00652. The molecule has 1 aromatic heterocycles. The van der Waals surface area contributed by atoms with E-state index in [2.05, 4.69) is 37.1 Å². The smallest absolute Gasteiger partial charge is 0.108 e. The molecule has 0 saturated carbocycles. The van der Waals surface area contributed by atoms with Crippen LogP contribution in [0.2, 0.25) is 0 Å². The van der Waals surface area contributed by atoms with Crippen LogP contribution in [0, 0.1) is 0 Å². The molecule has 1 atom stereocenters. The van der Waals surface area contributed by atoms with Crippen LogP contribution in [0.25, 0.3) is 5.57 Å². The van der Waals surface area contributed by atoms with E-state index in [9.17, 15) is 5.11 Å². The van der Waals surface area contributed by atoms with Crippen LogP contribution in [0.4, 0.5) is 0 Å². The highest BCUT2D eigenvalue weighted by Gasteiger charge is 2.16. The molecule has 2 rings (SSSR count). The highest BCUT2D eigenvalue weighted by Crippen LogP contribution is 2.26. The van der Waals surface area contributed by atoms with Gasteiger partial charge < -0.3 is 10.4 Å². The van der Waals surface area contributed by atoms with Crippen molar-refractivity contribution in [3.8, 4) is 0 Å². The van der Waals surface area contributed by atoms with E-state index in [4.69, 9.17) is 0 Å². The molecule has 2 N–H and O–H groups in total. The topological polar surface area (TPSA) is 45.1 Å². The van der Waals surface area contributed by atoms with Gasteiger partial charge in [0.15, 0.2) is 0 Å². The van der Waals surface area contributed by atoms with E-state index in [0.717, 1.165) is 24.2 Å². The number of allylic oxidation sites excluding steroid dienone is 2. The Hall–Kier alpha value is -1.19. The second-order valence-corrected chi connectivity index (χ2v) is 6.22. The average molecular weight is 260 g/mol. The van der Waals surface area contributed by atoms with Crippen molar-refractivity contribution in [2.45, 2.75) is 51.7 Å². The lowest BCUT2D eigenvalue weighted by Gasteiger charge is -2.22. The van der Waals surface area contributed by atoms with Crippen molar-refractivity contribution in [3.05, 3.63) is 35.7 Å². The van der Waals surface area contributed by atoms with Crippen molar-refractivity contribution >= 4 is 5.57 Å². The number of rotatable bonds is 4. The molecule has 1 heterocycles. The fourth-order valence-corrected chi connectivity index (χ4v) is 2.23. The molecule has 104 valence electrons. The zero-order chi connectivity index (χ0) is 13.9. The molecule has 1 aliphatic carbocycles. The Morgan fingerprint density at radius 2 is 2.16 bits per heavy atom. The van der Waals surface area contributed by atoms with Gasteiger partial charge in [0.05, 0.1) is 11.4 Å². The van der Waals surface area contributed by atoms with Gasteiger partial charge in [0.25, 0.3) is 0 Å². The Labute approximate surface area is 115 Å². The molecule has 0 fully saturated rings. The second kappa shape index (κ2) is 5.85.